The summed E-state index contributed by atoms with van der Waals surface area (Å²) in [6.45, 7) is 0.334. The smallest absolute Gasteiger partial charge is 0.348 e. The fourth-order valence-electron chi connectivity index (χ4n) is 4.44. The van der Waals surface area contributed by atoms with E-state index in [0.29, 0.717) is 12.5 Å². The molecule has 2 heterocycles. The third-order valence-corrected chi connectivity index (χ3v) is 8.12. The summed E-state index contributed by atoms with van der Waals surface area (Å²) < 4.78 is 28.4. The van der Waals surface area contributed by atoms with E-state index < -0.39 is 33.0 Å². The van der Waals surface area contributed by atoms with Crippen LogP contribution in [0.3, 0.4) is 0 Å². The van der Waals surface area contributed by atoms with Crippen LogP contribution in [0.4, 0.5) is 0 Å². The summed E-state index contributed by atoms with van der Waals surface area (Å²) >= 11 is 0. The second-order valence-corrected chi connectivity index (χ2v) is 10.8. The number of nitrogens with zero attached hydrogens (tertiary/aromatic N) is 3. The number of hydrogen-bond donors (Lipinski definition) is 2. The minimum atomic E-state index is -3.67. The van der Waals surface area contributed by atoms with E-state index in [1.807, 2.05) is 0 Å². The minimum Gasteiger partial charge on any atom is -0.354 e. The van der Waals surface area contributed by atoms with Crippen LogP contribution in [0.2, 0.25) is 0 Å². The van der Waals surface area contributed by atoms with Gasteiger partial charge in [0.25, 0.3) is 0 Å². The molecular formula is C22H29N5O5S. The van der Waals surface area contributed by atoms with E-state index in [2.05, 4.69) is 5.32 Å². The molecule has 2 aromatic rings. The van der Waals surface area contributed by atoms with Crippen LogP contribution in [0, 0.1) is 5.92 Å². The highest BCUT2D eigenvalue weighted by Gasteiger charge is 2.29. The third-order valence-electron chi connectivity index (χ3n) is 6.41. The Labute approximate surface area is 191 Å². The molecule has 0 saturated heterocycles. The highest BCUT2D eigenvalue weighted by atomic mass is 32.2. The molecule has 1 atom stereocenters. The van der Waals surface area contributed by atoms with Gasteiger partial charge in [0.15, 0.2) is 15.9 Å². The molecule has 0 unspecified atom stereocenters. The van der Waals surface area contributed by atoms with Crippen molar-refractivity contribution >= 4 is 15.7 Å². The SMILES string of the molecule is NC1CCC(CNC(=O)[C@@H]2C=CCn3c(=O)n(CCS(=O)(=O)c4ccccc4)c(=O)n32)CC1. The predicted molar refractivity (Wildman–Crippen MR) is 123 cm³/mol. The van der Waals surface area contributed by atoms with Crippen LogP contribution < -0.4 is 22.4 Å². The van der Waals surface area contributed by atoms with Crippen LogP contribution in [0.25, 0.3) is 0 Å². The quantitative estimate of drug-likeness (QED) is 0.542. The van der Waals surface area contributed by atoms with Crippen LogP contribution in [0.15, 0.2) is 57.0 Å². The Morgan fingerprint density at radius 2 is 1.76 bits per heavy atom. The molecule has 0 radical (unpaired) electrons. The van der Waals surface area contributed by atoms with Crippen molar-refractivity contribution in [2.75, 3.05) is 12.3 Å². The van der Waals surface area contributed by atoms with Gasteiger partial charge in [-0.15, -0.1) is 0 Å². The molecule has 10 nitrogen and oxygen atoms in total. The van der Waals surface area contributed by atoms with Crippen molar-refractivity contribution < 1.29 is 13.2 Å². The molecule has 1 aliphatic carbocycles. The minimum absolute atomic E-state index is 0.129. The summed E-state index contributed by atoms with van der Waals surface area (Å²) in [6, 6.07) is 7.14. The van der Waals surface area contributed by atoms with E-state index in [1.54, 1.807) is 30.4 Å². The van der Waals surface area contributed by atoms with Crippen molar-refractivity contribution in [1.29, 1.82) is 0 Å². The van der Waals surface area contributed by atoms with Gasteiger partial charge >= 0.3 is 11.4 Å². The van der Waals surface area contributed by atoms with E-state index in [-0.39, 0.29) is 29.9 Å². The first-order valence-electron chi connectivity index (χ1n) is 11.2. The number of allylic oxidation sites excluding steroid dienone is 1. The van der Waals surface area contributed by atoms with Crippen LogP contribution >= 0.6 is 0 Å². The van der Waals surface area contributed by atoms with Crippen LogP contribution in [-0.2, 0) is 27.7 Å². The molecule has 1 amide bonds. The maximum atomic E-state index is 13.0. The Morgan fingerprint density at radius 3 is 2.45 bits per heavy atom. The van der Waals surface area contributed by atoms with E-state index in [4.69, 9.17) is 5.73 Å². The molecule has 1 fully saturated rings. The Morgan fingerprint density at radius 1 is 1.06 bits per heavy atom. The molecule has 33 heavy (non-hydrogen) atoms. The van der Waals surface area contributed by atoms with Crippen LogP contribution in [0.5, 0.6) is 0 Å². The van der Waals surface area contributed by atoms with Crippen molar-refractivity contribution in [3.8, 4) is 0 Å². The number of aromatic nitrogens is 3. The second-order valence-electron chi connectivity index (χ2n) is 8.67. The van der Waals surface area contributed by atoms with Gasteiger partial charge in [-0.1, -0.05) is 30.4 Å². The predicted octanol–water partition coefficient (Wildman–Crippen LogP) is 0.0300. The van der Waals surface area contributed by atoms with E-state index in [9.17, 15) is 22.8 Å². The molecule has 2 aliphatic rings. The number of carbonyl (C=O) groups excluding carboxylic acids is 1. The molecule has 1 aromatic carbocycles. The Balaban J connectivity index is 1.49. The number of carbonyl (C=O) groups is 1. The van der Waals surface area contributed by atoms with E-state index in [1.165, 1.54) is 16.8 Å². The number of amides is 1. The summed E-state index contributed by atoms with van der Waals surface area (Å²) in [6.07, 6.45) is 7.00. The first kappa shape index (κ1) is 23.2. The number of rotatable bonds is 7. The Hall–Kier alpha value is -2.92. The van der Waals surface area contributed by atoms with Gasteiger partial charge in [-0.3, -0.25) is 4.79 Å². The summed E-state index contributed by atoms with van der Waals surface area (Å²) in [5.74, 6) is -0.427. The molecule has 3 N–H and O–H groups in total. The maximum absolute atomic E-state index is 13.0. The lowest BCUT2D eigenvalue weighted by Crippen LogP contribution is -2.43. The van der Waals surface area contributed by atoms with E-state index >= 15 is 0 Å². The van der Waals surface area contributed by atoms with Gasteiger partial charge in [0.2, 0.25) is 5.91 Å². The molecule has 1 aliphatic heterocycles. The molecular weight excluding hydrogens is 446 g/mol. The van der Waals surface area contributed by atoms with Crippen LogP contribution in [-0.4, -0.2) is 46.6 Å². The maximum Gasteiger partial charge on any atom is 0.348 e. The standard InChI is InChI=1S/C22H29N5O5S/c23-17-10-8-16(9-11-17)15-24-20(28)19-7-4-12-26-21(29)25(22(30)27(19)26)13-14-33(31,32)18-5-2-1-3-6-18/h1-7,16-17,19H,8-15,23H2,(H,24,28)/t16?,17?,19-/m0/s1. The zero-order chi connectivity index (χ0) is 23.6. The van der Waals surface area contributed by atoms with Gasteiger partial charge in [0.05, 0.1) is 17.2 Å². The molecule has 178 valence electrons. The first-order valence-corrected chi connectivity index (χ1v) is 12.8. The zero-order valence-corrected chi connectivity index (χ0v) is 19.1. The van der Waals surface area contributed by atoms with Crippen molar-refractivity contribution in [2.24, 2.45) is 11.7 Å². The number of hydrogen-bond acceptors (Lipinski definition) is 6. The molecule has 4 rings (SSSR count). The van der Waals surface area contributed by atoms with Gasteiger partial charge in [0, 0.05) is 19.1 Å². The second kappa shape index (κ2) is 9.52. The Kier molecular flexibility index (Phi) is 6.71. The van der Waals surface area contributed by atoms with Crippen molar-refractivity contribution in [2.45, 2.75) is 55.8 Å². The number of nitrogens with two attached hydrogens (primary N) is 1. The average Bonchev–Trinajstić information content (AvgIpc) is 3.07. The number of nitrogens with one attached hydrogen (secondary N) is 1. The van der Waals surface area contributed by atoms with Crippen LogP contribution in [0.1, 0.15) is 31.7 Å². The number of benzene rings is 1. The largest absolute Gasteiger partial charge is 0.354 e. The van der Waals surface area contributed by atoms with Crippen molar-refractivity contribution in [3.63, 3.8) is 0 Å². The number of fused-ring (bicyclic) bond motifs is 1. The lowest BCUT2D eigenvalue weighted by atomic mass is 9.86. The average molecular weight is 476 g/mol. The molecule has 1 saturated carbocycles. The fourth-order valence-corrected chi connectivity index (χ4v) is 5.67. The lowest BCUT2D eigenvalue weighted by molar-refractivity contribution is -0.123. The summed E-state index contributed by atoms with van der Waals surface area (Å²) in [7, 11) is -3.67. The third kappa shape index (κ3) is 4.88. The summed E-state index contributed by atoms with van der Waals surface area (Å²) in [4.78, 5) is 38.9. The molecule has 0 bridgehead atoms. The molecule has 1 aromatic heterocycles. The van der Waals surface area contributed by atoms with Gasteiger partial charge in [0.1, 0.15) is 0 Å². The number of sulfone groups is 1. The highest BCUT2D eigenvalue weighted by molar-refractivity contribution is 7.91. The summed E-state index contributed by atoms with van der Waals surface area (Å²) in [5.41, 5.74) is 4.60. The topological polar surface area (TPSA) is 138 Å². The fraction of sp³-hybridized carbons (Fsp3) is 0.500. The van der Waals surface area contributed by atoms with Gasteiger partial charge in [-0.05, 0) is 43.7 Å². The molecule has 0 spiro atoms. The lowest BCUT2D eigenvalue weighted by Gasteiger charge is -2.27. The van der Waals surface area contributed by atoms with Gasteiger partial charge in [-0.25, -0.2) is 31.9 Å². The molecule has 11 heteroatoms. The van der Waals surface area contributed by atoms with Crippen molar-refractivity contribution in [3.05, 3.63) is 63.5 Å². The van der Waals surface area contributed by atoms with Crippen molar-refractivity contribution in [1.82, 2.24) is 19.2 Å². The van der Waals surface area contributed by atoms with Gasteiger partial charge < -0.3 is 11.1 Å². The van der Waals surface area contributed by atoms with E-state index in [0.717, 1.165) is 34.9 Å². The zero-order valence-electron chi connectivity index (χ0n) is 18.3. The normalized spacial score (nSPS) is 22.6. The summed E-state index contributed by atoms with van der Waals surface area (Å²) in [5, 5.41) is 2.90. The first-order chi connectivity index (χ1) is 15.8. The highest BCUT2D eigenvalue weighted by Crippen LogP contribution is 2.22. The monoisotopic (exact) mass is 475 g/mol. The van der Waals surface area contributed by atoms with Gasteiger partial charge in [-0.2, -0.15) is 0 Å². The Bertz CT molecular complexity index is 1250.